The lowest BCUT2D eigenvalue weighted by Gasteiger charge is -2.20. The predicted octanol–water partition coefficient (Wildman–Crippen LogP) is 0.808. The van der Waals surface area contributed by atoms with E-state index in [0.717, 1.165) is 17.7 Å². The smallest absolute Gasteiger partial charge is 0.279 e. The standard InChI is InChI=1S/C23H30N4O4/c1-5-17-9-6-7-12-20(17)25-22(29)15-27(3)23(30)16-26(2)14-21(28)24-18-10-8-11-19(13-18)31-4/h6-13H,5,14-16H2,1-4H3,(H,24,28)(H,25,29)/p+1. The van der Waals surface area contributed by atoms with E-state index in [-0.39, 0.29) is 37.4 Å². The first-order valence-corrected chi connectivity index (χ1v) is 10.2. The van der Waals surface area contributed by atoms with Crippen LogP contribution in [0, 0.1) is 0 Å². The van der Waals surface area contributed by atoms with E-state index >= 15 is 0 Å². The summed E-state index contributed by atoms with van der Waals surface area (Å²) in [6, 6.07) is 14.7. The Morgan fingerprint density at radius 1 is 1.00 bits per heavy atom. The van der Waals surface area contributed by atoms with Crippen molar-refractivity contribution in [2.45, 2.75) is 13.3 Å². The maximum Gasteiger partial charge on any atom is 0.279 e. The third-order valence-electron chi connectivity index (χ3n) is 4.75. The number of nitrogens with one attached hydrogen (secondary N) is 3. The second-order valence-corrected chi connectivity index (χ2v) is 7.40. The van der Waals surface area contributed by atoms with Crippen molar-refractivity contribution in [3.63, 3.8) is 0 Å². The average Bonchev–Trinajstić information content (AvgIpc) is 2.73. The van der Waals surface area contributed by atoms with Gasteiger partial charge in [-0.1, -0.05) is 31.2 Å². The van der Waals surface area contributed by atoms with Crippen LogP contribution in [0.2, 0.25) is 0 Å². The van der Waals surface area contributed by atoms with Crippen LogP contribution < -0.4 is 20.3 Å². The molecule has 0 radical (unpaired) electrons. The number of aryl methyl sites for hydroxylation is 1. The number of para-hydroxylation sites is 1. The topological polar surface area (TPSA) is 92.2 Å². The number of benzene rings is 2. The minimum atomic E-state index is -0.259. The number of anilines is 2. The predicted molar refractivity (Wildman–Crippen MR) is 120 cm³/mol. The fraction of sp³-hybridized carbons (Fsp3) is 0.348. The van der Waals surface area contributed by atoms with Gasteiger partial charge in [-0.05, 0) is 30.2 Å². The number of likely N-dealkylation sites (N-methyl/N-ethyl adjacent to an activating group) is 2. The summed E-state index contributed by atoms with van der Waals surface area (Å²) in [7, 11) is 4.90. The van der Waals surface area contributed by atoms with Crippen molar-refractivity contribution in [1.29, 1.82) is 0 Å². The first kappa shape index (κ1) is 23.9. The number of carbonyl (C=O) groups excluding carboxylic acids is 3. The number of hydrogen-bond acceptors (Lipinski definition) is 4. The molecule has 0 saturated carbocycles. The third-order valence-corrected chi connectivity index (χ3v) is 4.75. The molecule has 0 aliphatic carbocycles. The molecule has 0 spiro atoms. The van der Waals surface area contributed by atoms with Crippen LogP contribution in [0.25, 0.3) is 0 Å². The van der Waals surface area contributed by atoms with Gasteiger partial charge in [-0.15, -0.1) is 0 Å². The van der Waals surface area contributed by atoms with E-state index in [1.54, 1.807) is 45.5 Å². The first-order chi connectivity index (χ1) is 14.8. The Balaban J connectivity index is 1.80. The molecule has 1 atom stereocenters. The third kappa shape index (κ3) is 7.75. The van der Waals surface area contributed by atoms with Crippen molar-refractivity contribution in [2.24, 2.45) is 0 Å². The molecular weight excluding hydrogens is 396 g/mol. The summed E-state index contributed by atoms with van der Waals surface area (Å²) in [6.07, 6.45) is 0.803. The van der Waals surface area contributed by atoms with E-state index in [4.69, 9.17) is 4.74 Å². The molecule has 31 heavy (non-hydrogen) atoms. The Kier molecular flexibility index (Phi) is 9.02. The Labute approximate surface area is 183 Å². The maximum absolute atomic E-state index is 12.5. The van der Waals surface area contributed by atoms with Crippen molar-refractivity contribution in [1.82, 2.24) is 4.90 Å². The van der Waals surface area contributed by atoms with Gasteiger partial charge in [0.25, 0.3) is 11.8 Å². The van der Waals surface area contributed by atoms with Gasteiger partial charge in [0.05, 0.1) is 20.7 Å². The lowest BCUT2D eigenvalue weighted by Crippen LogP contribution is -3.11. The van der Waals surface area contributed by atoms with Gasteiger partial charge in [-0.25, -0.2) is 0 Å². The molecule has 0 fully saturated rings. The molecule has 2 rings (SSSR count). The van der Waals surface area contributed by atoms with E-state index in [1.165, 1.54) is 4.90 Å². The highest BCUT2D eigenvalue weighted by Gasteiger charge is 2.19. The van der Waals surface area contributed by atoms with Crippen LogP contribution in [0.4, 0.5) is 11.4 Å². The lowest BCUT2D eigenvalue weighted by atomic mass is 10.1. The zero-order chi connectivity index (χ0) is 22.8. The number of rotatable bonds is 10. The monoisotopic (exact) mass is 427 g/mol. The van der Waals surface area contributed by atoms with Crippen molar-refractivity contribution in [2.75, 3.05) is 51.5 Å². The summed E-state index contributed by atoms with van der Waals surface area (Å²) < 4.78 is 5.14. The van der Waals surface area contributed by atoms with E-state index in [9.17, 15) is 14.4 Å². The molecule has 0 aliphatic heterocycles. The van der Waals surface area contributed by atoms with Gasteiger partial charge in [0.15, 0.2) is 13.1 Å². The Hall–Kier alpha value is -3.39. The molecule has 8 nitrogen and oxygen atoms in total. The number of methoxy groups -OCH3 is 1. The molecule has 3 N–H and O–H groups in total. The second-order valence-electron chi connectivity index (χ2n) is 7.40. The fourth-order valence-electron chi connectivity index (χ4n) is 3.08. The molecule has 3 amide bonds. The van der Waals surface area contributed by atoms with Crippen molar-refractivity contribution in [3.05, 3.63) is 54.1 Å². The van der Waals surface area contributed by atoms with Crippen LogP contribution in [-0.4, -0.2) is 63.5 Å². The number of amides is 3. The summed E-state index contributed by atoms with van der Waals surface area (Å²) in [4.78, 5) is 39.1. The molecule has 0 aliphatic rings. The molecular formula is C23H31N4O4+. The van der Waals surface area contributed by atoms with Gasteiger partial charge in [0.2, 0.25) is 5.91 Å². The second kappa shape index (κ2) is 11.7. The number of nitrogens with zero attached hydrogens (tertiary/aromatic N) is 1. The lowest BCUT2D eigenvalue weighted by molar-refractivity contribution is -0.862. The van der Waals surface area contributed by atoms with Crippen LogP contribution in [0.15, 0.2) is 48.5 Å². The van der Waals surface area contributed by atoms with Crippen molar-refractivity contribution >= 4 is 29.1 Å². The molecule has 2 aromatic rings. The van der Waals surface area contributed by atoms with Crippen LogP contribution in [0.3, 0.4) is 0 Å². The summed E-state index contributed by atoms with van der Waals surface area (Å²) >= 11 is 0. The van der Waals surface area contributed by atoms with Gasteiger partial charge >= 0.3 is 0 Å². The molecule has 2 aromatic carbocycles. The molecule has 0 heterocycles. The number of ether oxygens (including phenoxy) is 1. The fourth-order valence-corrected chi connectivity index (χ4v) is 3.08. The minimum absolute atomic E-state index is 0.0554. The normalized spacial score (nSPS) is 11.4. The van der Waals surface area contributed by atoms with E-state index in [0.29, 0.717) is 16.3 Å². The summed E-state index contributed by atoms with van der Waals surface area (Å²) in [5, 5.41) is 5.65. The highest BCUT2D eigenvalue weighted by molar-refractivity contribution is 5.95. The molecule has 1 unspecified atom stereocenters. The molecule has 8 heteroatoms. The zero-order valence-corrected chi connectivity index (χ0v) is 18.5. The Morgan fingerprint density at radius 2 is 1.74 bits per heavy atom. The van der Waals surface area contributed by atoms with E-state index < -0.39 is 0 Å². The largest absolute Gasteiger partial charge is 0.497 e. The van der Waals surface area contributed by atoms with Crippen LogP contribution >= 0.6 is 0 Å². The zero-order valence-electron chi connectivity index (χ0n) is 18.5. The van der Waals surface area contributed by atoms with Crippen LogP contribution in [0.1, 0.15) is 12.5 Å². The quantitative estimate of drug-likeness (QED) is 0.523. The van der Waals surface area contributed by atoms with Gasteiger partial charge < -0.3 is 25.2 Å². The highest BCUT2D eigenvalue weighted by Crippen LogP contribution is 2.16. The summed E-state index contributed by atoms with van der Waals surface area (Å²) in [5.74, 6) is -0.0407. The van der Waals surface area contributed by atoms with E-state index in [1.807, 2.05) is 31.2 Å². The average molecular weight is 428 g/mol. The SMILES string of the molecule is CCc1ccccc1NC(=O)CN(C)C(=O)C[NH+](C)CC(=O)Nc1cccc(OC)c1. The Morgan fingerprint density at radius 3 is 2.45 bits per heavy atom. The summed E-state index contributed by atoms with van der Waals surface area (Å²) in [6.45, 7) is 2.18. The molecule has 0 bridgehead atoms. The summed E-state index contributed by atoms with van der Waals surface area (Å²) in [5.41, 5.74) is 2.42. The van der Waals surface area contributed by atoms with Crippen molar-refractivity contribution in [3.8, 4) is 5.75 Å². The van der Waals surface area contributed by atoms with Gasteiger partial charge in [0, 0.05) is 24.5 Å². The molecule has 166 valence electrons. The van der Waals surface area contributed by atoms with Gasteiger partial charge in [0.1, 0.15) is 5.75 Å². The van der Waals surface area contributed by atoms with Gasteiger partial charge in [-0.3, -0.25) is 14.4 Å². The molecule has 0 saturated heterocycles. The number of carbonyl (C=O) groups is 3. The van der Waals surface area contributed by atoms with Gasteiger partial charge in [-0.2, -0.15) is 0 Å². The highest BCUT2D eigenvalue weighted by atomic mass is 16.5. The Bertz CT molecular complexity index is 916. The van der Waals surface area contributed by atoms with E-state index in [2.05, 4.69) is 10.6 Å². The van der Waals surface area contributed by atoms with Crippen LogP contribution in [0.5, 0.6) is 5.75 Å². The number of hydrogen-bond donors (Lipinski definition) is 3. The van der Waals surface area contributed by atoms with Crippen molar-refractivity contribution < 1.29 is 24.0 Å². The minimum Gasteiger partial charge on any atom is -0.497 e. The number of quaternary nitrogens is 1. The molecule has 0 aromatic heterocycles. The van der Waals surface area contributed by atoms with Crippen LogP contribution in [-0.2, 0) is 20.8 Å². The first-order valence-electron chi connectivity index (χ1n) is 10.2. The maximum atomic E-state index is 12.5.